The SMILES string of the molecule is CCOC(=O)c1cc(C2(NC)CC2)ncn1. The number of hydrogen-bond donors (Lipinski definition) is 1. The van der Waals surface area contributed by atoms with Crippen molar-refractivity contribution >= 4 is 5.97 Å². The van der Waals surface area contributed by atoms with Gasteiger partial charge in [-0.1, -0.05) is 0 Å². The monoisotopic (exact) mass is 221 g/mol. The van der Waals surface area contributed by atoms with Crippen LogP contribution in [0, 0.1) is 0 Å². The van der Waals surface area contributed by atoms with Gasteiger partial charge in [-0.15, -0.1) is 0 Å². The fourth-order valence-corrected chi connectivity index (χ4v) is 1.69. The number of nitrogens with one attached hydrogen (secondary N) is 1. The molecule has 16 heavy (non-hydrogen) atoms. The third kappa shape index (κ3) is 1.90. The van der Waals surface area contributed by atoms with Gasteiger partial charge in [-0.3, -0.25) is 0 Å². The van der Waals surface area contributed by atoms with Crippen molar-refractivity contribution in [3.63, 3.8) is 0 Å². The molecular weight excluding hydrogens is 206 g/mol. The Balaban J connectivity index is 2.23. The van der Waals surface area contributed by atoms with Crippen LogP contribution in [0.2, 0.25) is 0 Å². The van der Waals surface area contributed by atoms with Crippen LogP contribution in [0.3, 0.4) is 0 Å². The van der Waals surface area contributed by atoms with E-state index in [1.165, 1.54) is 6.33 Å². The van der Waals surface area contributed by atoms with E-state index in [0.29, 0.717) is 12.3 Å². The van der Waals surface area contributed by atoms with Crippen LogP contribution < -0.4 is 5.32 Å². The zero-order chi connectivity index (χ0) is 11.6. The molecule has 0 aliphatic heterocycles. The normalized spacial score (nSPS) is 16.9. The maximum absolute atomic E-state index is 11.5. The lowest BCUT2D eigenvalue weighted by Gasteiger charge is -2.13. The van der Waals surface area contributed by atoms with Crippen LogP contribution in [0.4, 0.5) is 0 Å². The summed E-state index contributed by atoms with van der Waals surface area (Å²) < 4.78 is 4.90. The molecule has 0 amide bonds. The first-order valence-electron chi connectivity index (χ1n) is 5.40. The highest BCUT2D eigenvalue weighted by molar-refractivity contribution is 5.87. The highest BCUT2D eigenvalue weighted by atomic mass is 16.5. The van der Waals surface area contributed by atoms with Gasteiger partial charge in [0.25, 0.3) is 0 Å². The van der Waals surface area contributed by atoms with Crippen LogP contribution in [-0.2, 0) is 10.3 Å². The van der Waals surface area contributed by atoms with Gasteiger partial charge in [0, 0.05) is 0 Å². The molecule has 1 aliphatic carbocycles. The predicted octanol–water partition coefficient (Wildman–Crippen LogP) is 0.862. The van der Waals surface area contributed by atoms with Gasteiger partial charge in [-0.2, -0.15) is 0 Å². The van der Waals surface area contributed by atoms with Crippen molar-refractivity contribution in [1.29, 1.82) is 0 Å². The summed E-state index contributed by atoms with van der Waals surface area (Å²) in [6, 6.07) is 1.71. The van der Waals surface area contributed by atoms with E-state index in [1.807, 2.05) is 7.05 Å². The van der Waals surface area contributed by atoms with Crippen molar-refractivity contribution in [1.82, 2.24) is 15.3 Å². The molecule has 1 fully saturated rings. The summed E-state index contributed by atoms with van der Waals surface area (Å²) in [6.07, 6.45) is 3.50. The average Bonchev–Trinajstić information content (AvgIpc) is 3.10. The zero-order valence-electron chi connectivity index (χ0n) is 9.49. The second kappa shape index (κ2) is 4.17. The van der Waals surface area contributed by atoms with Gasteiger partial charge in [0.1, 0.15) is 6.33 Å². The summed E-state index contributed by atoms with van der Waals surface area (Å²) in [6.45, 7) is 2.13. The third-order valence-corrected chi connectivity index (χ3v) is 2.87. The molecule has 0 atom stereocenters. The second-order valence-corrected chi connectivity index (χ2v) is 3.84. The van der Waals surface area contributed by atoms with Crippen molar-refractivity contribution < 1.29 is 9.53 Å². The summed E-state index contributed by atoms with van der Waals surface area (Å²) in [7, 11) is 1.90. The summed E-state index contributed by atoms with van der Waals surface area (Å²) in [5, 5.41) is 3.22. The highest BCUT2D eigenvalue weighted by Crippen LogP contribution is 2.43. The van der Waals surface area contributed by atoms with E-state index in [-0.39, 0.29) is 5.54 Å². The topological polar surface area (TPSA) is 64.1 Å². The molecule has 2 rings (SSSR count). The van der Waals surface area contributed by atoms with Crippen molar-refractivity contribution in [3.05, 3.63) is 23.8 Å². The number of hydrogen-bond acceptors (Lipinski definition) is 5. The van der Waals surface area contributed by atoms with Crippen LogP contribution >= 0.6 is 0 Å². The first kappa shape index (κ1) is 11.0. The number of nitrogens with zero attached hydrogens (tertiary/aromatic N) is 2. The minimum atomic E-state index is -0.391. The Morgan fingerprint density at radius 2 is 2.31 bits per heavy atom. The number of esters is 1. The minimum Gasteiger partial charge on any atom is -0.461 e. The summed E-state index contributed by atoms with van der Waals surface area (Å²) in [5.41, 5.74) is 1.14. The second-order valence-electron chi connectivity index (χ2n) is 3.84. The Morgan fingerprint density at radius 1 is 1.56 bits per heavy atom. The molecule has 1 N–H and O–H groups in total. The number of carbonyl (C=O) groups is 1. The maximum atomic E-state index is 11.5. The average molecular weight is 221 g/mol. The molecule has 0 unspecified atom stereocenters. The molecule has 1 aromatic heterocycles. The number of carbonyl (C=O) groups excluding carboxylic acids is 1. The van der Waals surface area contributed by atoms with Crippen LogP contribution in [0.25, 0.3) is 0 Å². The van der Waals surface area contributed by atoms with Crippen LogP contribution in [0.1, 0.15) is 35.9 Å². The lowest BCUT2D eigenvalue weighted by molar-refractivity contribution is 0.0519. The lowest BCUT2D eigenvalue weighted by Crippen LogP contribution is -2.26. The molecule has 1 saturated carbocycles. The van der Waals surface area contributed by atoms with Gasteiger partial charge < -0.3 is 10.1 Å². The molecule has 0 radical (unpaired) electrons. The summed E-state index contributed by atoms with van der Waals surface area (Å²) in [4.78, 5) is 19.6. The Kier molecular flexibility index (Phi) is 2.87. The molecule has 1 aromatic rings. The fraction of sp³-hybridized carbons (Fsp3) is 0.545. The molecule has 0 bridgehead atoms. The first-order valence-corrected chi connectivity index (χ1v) is 5.40. The van der Waals surface area contributed by atoms with E-state index < -0.39 is 5.97 Å². The molecule has 5 heteroatoms. The Hall–Kier alpha value is -1.49. The van der Waals surface area contributed by atoms with Gasteiger partial charge in [0.2, 0.25) is 0 Å². The van der Waals surface area contributed by atoms with E-state index in [1.54, 1.807) is 13.0 Å². The Labute approximate surface area is 94.2 Å². The first-order chi connectivity index (χ1) is 7.72. The predicted molar refractivity (Wildman–Crippen MR) is 58.0 cm³/mol. The fourth-order valence-electron chi connectivity index (χ4n) is 1.69. The number of ether oxygens (including phenoxy) is 1. The molecule has 0 saturated heterocycles. The van der Waals surface area contributed by atoms with E-state index >= 15 is 0 Å². The van der Waals surface area contributed by atoms with Gasteiger partial charge in [0.05, 0.1) is 17.8 Å². The van der Waals surface area contributed by atoms with Gasteiger partial charge in [-0.25, -0.2) is 14.8 Å². The van der Waals surface area contributed by atoms with Gasteiger partial charge in [-0.05, 0) is 32.9 Å². The maximum Gasteiger partial charge on any atom is 0.357 e. The van der Waals surface area contributed by atoms with Crippen LogP contribution in [0.5, 0.6) is 0 Å². The summed E-state index contributed by atoms with van der Waals surface area (Å²) >= 11 is 0. The van der Waals surface area contributed by atoms with E-state index in [2.05, 4.69) is 15.3 Å². The molecule has 86 valence electrons. The van der Waals surface area contributed by atoms with Crippen molar-refractivity contribution in [3.8, 4) is 0 Å². The Morgan fingerprint density at radius 3 is 2.88 bits per heavy atom. The largest absolute Gasteiger partial charge is 0.461 e. The zero-order valence-corrected chi connectivity index (χ0v) is 9.49. The third-order valence-electron chi connectivity index (χ3n) is 2.87. The van der Waals surface area contributed by atoms with Crippen LogP contribution in [-0.4, -0.2) is 29.6 Å². The van der Waals surface area contributed by atoms with E-state index in [9.17, 15) is 4.79 Å². The quantitative estimate of drug-likeness (QED) is 0.764. The lowest BCUT2D eigenvalue weighted by atomic mass is 10.1. The number of rotatable bonds is 4. The van der Waals surface area contributed by atoms with Crippen molar-refractivity contribution in [2.24, 2.45) is 0 Å². The molecule has 0 spiro atoms. The standard InChI is InChI=1S/C11H15N3O2/c1-3-16-10(15)8-6-9(14-7-13-8)11(12-2)4-5-11/h6-7,12H,3-5H2,1-2H3. The van der Waals surface area contributed by atoms with Gasteiger partial charge in [0.15, 0.2) is 5.69 Å². The summed E-state index contributed by atoms with van der Waals surface area (Å²) in [5.74, 6) is -0.391. The smallest absolute Gasteiger partial charge is 0.357 e. The van der Waals surface area contributed by atoms with Crippen molar-refractivity contribution in [2.75, 3.05) is 13.7 Å². The molecular formula is C11H15N3O2. The highest BCUT2D eigenvalue weighted by Gasteiger charge is 2.44. The minimum absolute atomic E-state index is 0.0514. The van der Waals surface area contributed by atoms with E-state index in [0.717, 1.165) is 18.5 Å². The number of aromatic nitrogens is 2. The molecule has 1 heterocycles. The van der Waals surface area contributed by atoms with E-state index in [4.69, 9.17) is 4.74 Å². The molecule has 0 aromatic carbocycles. The Bertz CT molecular complexity index is 402. The molecule has 1 aliphatic rings. The molecule has 5 nitrogen and oxygen atoms in total. The van der Waals surface area contributed by atoms with Crippen LogP contribution in [0.15, 0.2) is 12.4 Å². The van der Waals surface area contributed by atoms with Gasteiger partial charge >= 0.3 is 5.97 Å². The van der Waals surface area contributed by atoms with Crippen molar-refractivity contribution in [2.45, 2.75) is 25.3 Å².